The fourth-order valence-electron chi connectivity index (χ4n) is 7.28. The van der Waals surface area contributed by atoms with E-state index in [0.29, 0.717) is 34.7 Å². The molecule has 3 unspecified atom stereocenters. The van der Waals surface area contributed by atoms with Gasteiger partial charge in [0.05, 0.1) is 22.3 Å². The van der Waals surface area contributed by atoms with E-state index in [4.69, 9.17) is 28.9 Å². The first-order chi connectivity index (χ1) is 16.4. The maximum atomic E-state index is 13.2. The van der Waals surface area contributed by atoms with Crippen molar-refractivity contribution in [3.05, 3.63) is 27.7 Å². The molecular formula is C24H34Cl2N4O4S. The van der Waals surface area contributed by atoms with Gasteiger partial charge in [-0.25, -0.2) is 0 Å². The maximum Gasteiger partial charge on any atom is 0.236 e. The molecule has 0 aromatic heterocycles. The van der Waals surface area contributed by atoms with Crippen LogP contribution < -0.4 is 15.4 Å². The van der Waals surface area contributed by atoms with Gasteiger partial charge in [0.1, 0.15) is 0 Å². The number of nitrogens with two attached hydrogens (primary N) is 1. The van der Waals surface area contributed by atoms with Gasteiger partial charge >= 0.3 is 0 Å². The molecule has 11 heteroatoms. The Labute approximate surface area is 218 Å². The van der Waals surface area contributed by atoms with Crippen LogP contribution in [-0.4, -0.2) is 50.9 Å². The molecular weight excluding hydrogens is 511 g/mol. The third kappa shape index (κ3) is 4.42. The van der Waals surface area contributed by atoms with E-state index in [-0.39, 0.29) is 42.2 Å². The van der Waals surface area contributed by atoms with Crippen LogP contribution >= 0.6 is 34.2 Å². The Bertz CT molecular complexity index is 1020. The van der Waals surface area contributed by atoms with E-state index in [0.717, 1.165) is 37.7 Å². The summed E-state index contributed by atoms with van der Waals surface area (Å²) in [5.74, 6) is 0.575. The van der Waals surface area contributed by atoms with Crippen LogP contribution in [0.5, 0.6) is 0 Å². The first-order valence-corrected chi connectivity index (χ1v) is 14.5. The minimum absolute atomic E-state index is 0.00684. The summed E-state index contributed by atoms with van der Waals surface area (Å²) in [6, 6.07) is 3.47. The molecule has 1 heterocycles. The lowest BCUT2D eigenvalue weighted by molar-refractivity contribution is -0.147. The Morgan fingerprint density at radius 1 is 1.14 bits per heavy atom. The van der Waals surface area contributed by atoms with E-state index >= 15 is 0 Å². The molecule has 6 rings (SSSR count). The zero-order valence-electron chi connectivity index (χ0n) is 20.0. The smallest absolute Gasteiger partial charge is 0.236 e. The third-order valence-corrected chi connectivity index (χ3v) is 11.0. The number of carbonyl (C=O) groups is 2. The predicted molar refractivity (Wildman–Crippen MR) is 139 cm³/mol. The van der Waals surface area contributed by atoms with Crippen LogP contribution in [0.15, 0.2) is 12.1 Å². The molecule has 5 aliphatic rings. The highest BCUT2D eigenvalue weighted by Crippen LogP contribution is 2.60. The minimum Gasteiger partial charge on any atom is -0.369 e. The second kappa shape index (κ2) is 8.96. The number of hydrogen-bond acceptors (Lipinski definition) is 6. The summed E-state index contributed by atoms with van der Waals surface area (Å²) in [4.78, 5) is 25.4. The second-order valence-corrected chi connectivity index (χ2v) is 14.0. The Balaban J connectivity index is 1.31. The lowest BCUT2D eigenvalue weighted by Gasteiger charge is -2.59. The summed E-state index contributed by atoms with van der Waals surface area (Å²) in [6.45, 7) is 4.42. The number of nitrogens with one attached hydrogen (secondary N) is 1. The first-order valence-electron chi connectivity index (χ1n) is 12.3. The topological polar surface area (TPSA) is 119 Å². The lowest BCUT2D eigenvalue weighted by Crippen LogP contribution is -2.63. The van der Waals surface area contributed by atoms with Crippen molar-refractivity contribution < 1.29 is 18.7 Å². The van der Waals surface area contributed by atoms with Crippen molar-refractivity contribution in [3.63, 3.8) is 0 Å². The number of nitrogens with zero attached hydrogens (tertiary/aromatic N) is 2. The highest BCUT2D eigenvalue weighted by molar-refractivity contribution is 8.23. The molecule has 35 heavy (non-hydrogen) atoms. The van der Waals surface area contributed by atoms with E-state index in [2.05, 4.69) is 5.32 Å². The monoisotopic (exact) mass is 544 g/mol. The number of amides is 2. The van der Waals surface area contributed by atoms with Crippen LogP contribution in [0.25, 0.3) is 0 Å². The van der Waals surface area contributed by atoms with Crippen LogP contribution in [0.1, 0.15) is 44.6 Å². The van der Waals surface area contributed by atoms with Crippen LogP contribution in [0.4, 0.5) is 5.69 Å². The average molecular weight is 546 g/mol. The Hall–Kier alpha value is -1.23. The Kier molecular flexibility index (Phi) is 6.51. The number of benzene rings is 1. The normalized spacial score (nSPS) is 36.7. The van der Waals surface area contributed by atoms with Gasteiger partial charge in [0.15, 0.2) is 0 Å². The summed E-state index contributed by atoms with van der Waals surface area (Å²) < 4.78 is 25.4. The largest absolute Gasteiger partial charge is 0.369 e. The van der Waals surface area contributed by atoms with Gasteiger partial charge < -0.3 is 11.1 Å². The van der Waals surface area contributed by atoms with Crippen LogP contribution in [0.2, 0.25) is 10.0 Å². The van der Waals surface area contributed by atoms with E-state index in [1.165, 1.54) is 8.61 Å². The molecule has 5 N–H and O–H groups in total. The molecule has 1 saturated heterocycles. The molecule has 1 aliphatic heterocycles. The molecule has 0 radical (unpaired) electrons. The van der Waals surface area contributed by atoms with E-state index in [1.807, 2.05) is 13.8 Å². The summed E-state index contributed by atoms with van der Waals surface area (Å²) >= 11 is 12.9. The fourth-order valence-corrected chi connectivity index (χ4v) is 10.1. The van der Waals surface area contributed by atoms with Crippen molar-refractivity contribution in [2.45, 2.75) is 52.0 Å². The number of halogens is 2. The van der Waals surface area contributed by atoms with Gasteiger partial charge in [0.25, 0.3) is 0 Å². The number of primary amides is 1. The van der Waals surface area contributed by atoms with Gasteiger partial charge in [-0.05, 0) is 91.4 Å². The molecule has 5 fully saturated rings. The van der Waals surface area contributed by atoms with Gasteiger partial charge in [0.2, 0.25) is 11.8 Å². The molecule has 3 atom stereocenters. The van der Waals surface area contributed by atoms with E-state index < -0.39 is 16.4 Å². The van der Waals surface area contributed by atoms with Gasteiger partial charge in [-0.3, -0.25) is 23.0 Å². The number of carbonyl (C=O) groups excluding carboxylic acids is 2. The highest BCUT2D eigenvalue weighted by Gasteiger charge is 2.58. The highest BCUT2D eigenvalue weighted by atomic mass is 35.5. The second-order valence-electron chi connectivity index (χ2n) is 11.3. The summed E-state index contributed by atoms with van der Waals surface area (Å²) in [7, 11) is -3.51. The molecule has 0 spiro atoms. The molecule has 1 aromatic rings. The van der Waals surface area contributed by atoms with Crippen molar-refractivity contribution >= 4 is 51.7 Å². The van der Waals surface area contributed by atoms with Crippen molar-refractivity contribution in [1.82, 2.24) is 9.62 Å². The van der Waals surface area contributed by atoms with Crippen molar-refractivity contribution in [1.29, 1.82) is 0 Å². The quantitative estimate of drug-likeness (QED) is 0.435. The molecule has 4 saturated carbocycles. The number of rotatable bonds is 5. The Morgan fingerprint density at radius 2 is 1.74 bits per heavy atom. The zero-order chi connectivity index (χ0) is 25.3. The Morgan fingerprint density at radius 3 is 2.31 bits per heavy atom. The molecule has 194 valence electrons. The SMILES string of the molecule is Cc1cc(Cl)c(N2CC(C)CN(CC(=O)NC3C4CC5CC3CC(C(N)=O)(C5)C4)S2(O)O)c(Cl)c1. The maximum absolute atomic E-state index is 13.2. The number of anilines is 1. The summed E-state index contributed by atoms with van der Waals surface area (Å²) in [5, 5.41) is 3.87. The van der Waals surface area contributed by atoms with E-state index in [1.54, 1.807) is 12.1 Å². The molecule has 8 nitrogen and oxygen atoms in total. The average Bonchev–Trinajstić information content (AvgIpc) is 2.73. The van der Waals surface area contributed by atoms with Gasteiger partial charge in [0, 0.05) is 24.5 Å². The van der Waals surface area contributed by atoms with Crippen LogP contribution in [0, 0.1) is 36.0 Å². The third-order valence-electron chi connectivity index (χ3n) is 8.49. The molecule has 4 aliphatic carbocycles. The fraction of sp³-hybridized carbons (Fsp3) is 0.667. The number of aryl methyl sites for hydroxylation is 1. The molecule has 2 amide bonds. The minimum atomic E-state index is -3.51. The van der Waals surface area contributed by atoms with Gasteiger partial charge in [-0.1, -0.05) is 30.1 Å². The summed E-state index contributed by atoms with van der Waals surface area (Å²) in [5.41, 5.74) is 6.61. The summed E-state index contributed by atoms with van der Waals surface area (Å²) in [6.07, 6.45) is 4.35. The van der Waals surface area contributed by atoms with Crippen molar-refractivity contribution in [3.8, 4) is 0 Å². The van der Waals surface area contributed by atoms with Crippen molar-refractivity contribution in [2.24, 2.45) is 34.8 Å². The van der Waals surface area contributed by atoms with Gasteiger partial charge in [-0.2, -0.15) is 4.31 Å². The zero-order valence-corrected chi connectivity index (χ0v) is 22.4. The first kappa shape index (κ1) is 25.4. The lowest BCUT2D eigenvalue weighted by atomic mass is 9.47. The van der Waals surface area contributed by atoms with Crippen LogP contribution in [-0.2, 0) is 9.59 Å². The predicted octanol–water partition coefficient (Wildman–Crippen LogP) is 4.44. The van der Waals surface area contributed by atoms with Gasteiger partial charge in [-0.15, -0.1) is 0 Å². The number of hydrogen-bond donors (Lipinski definition) is 4. The van der Waals surface area contributed by atoms with Crippen molar-refractivity contribution in [2.75, 3.05) is 23.9 Å². The standard InChI is InChI=1S/C24H34Cl2N4O4S/c1-13-3-18(25)22(19(26)4-13)30-11-14(2)10-29(35(30,33)34)12-20(31)28-21-16-5-15-6-17(21)9-24(7-15,8-16)23(27)32/h3-4,14-17,21,33-34H,5-12H2,1-2H3,(H2,27,32)(H,28,31). The molecule has 1 aromatic carbocycles. The van der Waals surface area contributed by atoms with E-state index in [9.17, 15) is 18.7 Å². The molecule has 4 bridgehead atoms. The van der Waals surface area contributed by atoms with Crippen LogP contribution in [0.3, 0.4) is 0 Å².